The second-order valence-corrected chi connectivity index (χ2v) is 11.5. The number of hydrogen-bond acceptors (Lipinski definition) is 8. The van der Waals surface area contributed by atoms with Crippen molar-refractivity contribution in [3.63, 3.8) is 0 Å². The predicted molar refractivity (Wildman–Crippen MR) is 195 cm³/mol. The molecule has 0 saturated heterocycles. The molecule has 8 heteroatoms. The third-order valence-electron chi connectivity index (χ3n) is 8.63. The van der Waals surface area contributed by atoms with E-state index in [1.165, 1.54) is 12.7 Å². The fourth-order valence-electron chi connectivity index (χ4n) is 6.36. The Balaban J connectivity index is 1.24. The lowest BCUT2D eigenvalue weighted by Crippen LogP contribution is -2.17. The molecule has 0 aliphatic carbocycles. The molecule has 0 atom stereocenters. The summed E-state index contributed by atoms with van der Waals surface area (Å²) in [7, 11) is 0. The van der Waals surface area contributed by atoms with E-state index in [2.05, 4.69) is 82.8 Å². The van der Waals surface area contributed by atoms with Gasteiger partial charge in [-0.15, -0.1) is 0 Å². The molecule has 0 fully saturated rings. The lowest BCUT2D eigenvalue weighted by atomic mass is 10.0. The van der Waals surface area contributed by atoms with Gasteiger partial charge in [0.2, 0.25) is 11.9 Å². The van der Waals surface area contributed by atoms with Crippen LogP contribution in [0, 0.1) is 0 Å². The summed E-state index contributed by atoms with van der Waals surface area (Å²) >= 11 is 0. The number of hydrogen-bond donors (Lipinski definition) is 0. The van der Waals surface area contributed by atoms with Crippen molar-refractivity contribution in [3.05, 3.63) is 158 Å². The highest BCUT2D eigenvalue weighted by molar-refractivity contribution is 5.97. The van der Waals surface area contributed by atoms with Crippen LogP contribution in [0.3, 0.4) is 0 Å². The first-order chi connectivity index (χ1) is 24.3. The average Bonchev–Trinajstić information content (AvgIpc) is 3.18. The topological polar surface area (TPSA) is 93.5 Å². The highest BCUT2D eigenvalue weighted by Gasteiger charge is 2.22. The maximum absolute atomic E-state index is 5.04. The van der Waals surface area contributed by atoms with E-state index in [9.17, 15) is 0 Å². The molecule has 8 nitrogen and oxygen atoms in total. The van der Waals surface area contributed by atoms with Crippen LogP contribution in [0.15, 0.2) is 158 Å². The summed E-state index contributed by atoms with van der Waals surface area (Å²) in [5, 5.41) is 5.38. The molecule has 49 heavy (non-hydrogen) atoms. The minimum absolute atomic E-state index is 0.376. The molecular formula is C41H26N8. The molecule has 0 amide bonds. The van der Waals surface area contributed by atoms with Crippen molar-refractivity contribution in [3.8, 4) is 33.9 Å². The van der Waals surface area contributed by atoms with E-state index in [1.54, 1.807) is 0 Å². The van der Waals surface area contributed by atoms with Gasteiger partial charge in [-0.3, -0.25) is 4.98 Å². The van der Waals surface area contributed by atoms with E-state index in [0.717, 1.165) is 60.4 Å². The van der Waals surface area contributed by atoms with Crippen LogP contribution in [0.4, 0.5) is 17.6 Å². The van der Waals surface area contributed by atoms with Gasteiger partial charge in [0.05, 0.1) is 11.2 Å². The van der Waals surface area contributed by atoms with Crippen molar-refractivity contribution in [2.24, 2.45) is 0 Å². The highest BCUT2D eigenvalue weighted by Crippen LogP contribution is 2.36. The second-order valence-electron chi connectivity index (χ2n) is 11.5. The Morgan fingerprint density at radius 1 is 0.408 bits per heavy atom. The van der Waals surface area contributed by atoms with E-state index in [1.807, 2.05) is 77.8 Å². The number of nitrogens with zero attached hydrogens (tertiary/aromatic N) is 8. The Labute approximate surface area is 281 Å². The number of rotatable bonds is 6. The fraction of sp³-hybridized carbons (Fsp3) is 0. The molecule has 0 aliphatic rings. The average molecular weight is 631 g/mol. The van der Waals surface area contributed by atoms with Crippen molar-refractivity contribution in [2.75, 3.05) is 4.90 Å². The zero-order valence-electron chi connectivity index (χ0n) is 26.1. The standard InChI is InChI=1S/C41H26N8/c1-3-18-32-27(10-1)12-6-21-35(32)38-43-25-45-40(47-38)49(31-17-5-15-30(24-31)34-20-8-14-29-16-9-23-42-37(29)34)41-46-26-44-39(48-41)36-22-7-13-28-11-2-4-19-33(28)36/h1-26H. The minimum atomic E-state index is 0.376. The fourth-order valence-corrected chi connectivity index (χ4v) is 6.36. The van der Waals surface area contributed by atoms with Gasteiger partial charge in [-0.1, -0.05) is 121 Å². The van der Waals surface area contributed by atoms with Crippen LogP contribution in [0.5, 0.6) is 0 Å². The largest absolute Gasteiger partial charge is 0.256 e. The number of fused-ring (bicyclic) bond motifs is 3. The van der Waals surface area contributed by atoms with Crippen LogP contribution < -0.4 is 4.90 Å². The summed E-state index contributed by atoms with van der Waals surface area (Å²) in [4.78, 5) is 35.3. The van der Waals surface area contributed by atoms with Crippen LogP contribution in [0.1, 0.15) is 0 Å². The molecule has 3 heterocycles. The number of aromatic nitrogens is 7. The maximum Gasteiger partial charge on any atom is 0.240 e. The summed E-state index contributed by atoms with van der Waals surface area (Å²) in [6.45, 7) is 0. The Morgan fingerprint density at radius 2 is 0.939 bits per heavy atom. The van der Waals surface area contributed by atoms with Crippen molar-refractivity contribution in [1.82, 2.24) is 34.9 Å². The molecule has 0 saturated carbocycles. The molecule has 230 valence electrons. The van der Waals surface area contributed by atoms with Gasteiger partial charge >= 0.3 is 0 Å². The molecule has 0 bridgehead atoms. The summed E-state index contributed by atoms with van der Waals surface area (Å²) in [5.41, 5.74) is 5.51. The number of benzene rings is 6. The first kappa shape index (κ1) is 28.3. The molecule has 0 radical (unpaired) electrons. The Hall–Kier alpha value is -6.93. The summed E-state index contributed by atoms with van der Waals surface area (Å²) in [6.07, 6.45) is 4.90. The highest BCUT2D eigenvalue weighted by atomic mass is 15.3. The maximum atomic E-state index is 5.04. The van der Waals surface area contributed by atoms with Gasteiger partial charge in [-0.05, 0) is 45.3 Å². The third kappa shape index (κ3) is 5.17. The zero-order chi connectivity index (χ0) is 32.6. The molecule has 9 aromatic rings. The zero-order valence-corrected chi connectivity index (χ0v) is 26.1. The number of para-hydroxylation sites is 1. The number of pyridine rings is 1. The van der Waals surface area contributed by atoms with Crippen molar-refractivity contribution in [1.29, 1.82) is 0 Å². The Kier molecular flexibility index (Phi) is 6.94. The van der Waals surface area contributed by atoms with Crippen LogP contribution in [0.2, 0.25) is 0 Å². The molecule has 0 N–H and O–H groups in total. The predicted octanol–water partition coefficient (Wildman–Crippen LogP) is 9.38. The van der Waals surface area contributed by atoms with Crippen LogP contribution in [0.25, 0.3) is 66.4 Å². The Morgan fingerprint density at radius 3 is 1.59 bits per heavy atom. The SMILES string of the molecule is c1cc(-c2cccc3cccnc23)cc(N(c2ncnc(-c3cccc4ccccc34)n2)c2ncnc(-c3cccc4ccccc34)n2)c1. The quantitative estimate of drug-likeness (QED) is 0.179. The van der Waals surface area contributed by atoms with Crippen LogP contribution in [-0.2, 0) is 0 Å². The summed E-state index contributed by atoms with van der Waals surface area (Å²) in [6, 6.07) is 47.1. The smallest absolute Gasteiger partial charge is 0.240 e. The summed E-state index contributed by atoms with van der Waals surface area (Å²) < 4.78 is 0. The van der Waals surface area contributed by atoms with Crippen molar-refractivity contribution >= 4 is 50.0 Å². The molecule has 0 aliphatic heterocycles. The molecule has 9 rings (SSSR count). The molecular weight excluding hydrogens is 605 g/mol. The minimum Gasteiger partial charge on any atom is -0.256 e. The van der Waals surface area contributed by atoms with Gasteiger partial charge in [0.15, 0.2) is 11.6 Å². The van der Waals surface area contributed by atoms with Crippen LogP contribution in [-0.4, -0.2) is 34.9 Å². The van der Waals surface area contributed by atoms with Crippen LogP contribution >= 0.6 is 0 Å². The second kappa shape index (κ2) is 12.0. The summed E-state index contributed by atoms with van der Waals surface area (Å²) in [5.74, 6) is 1.84. The van der Waals surface area contributed by atoms with Gasteiger partial charge in [-0.25, -0.2) is 24.8 Å². The first-order valence-electron chi connectivity index (χ1n) is 15.9. The van der Waals surface area contributed by atoms with Crippen molar-refractivity contribution < 1.29 is 0 Å². The lowest BCUT2D eigenvalue weighted by Gasteiger charge is -2.22. The van der Waals surface area contributed by atoms with E-state index >= 15 is 0 Å². The Bertz CT molecular complexity index is 2350. The van der Waals surface area contributed by atoms with Gasteiger partial charge < -0.3 is 0 Å². The van der Waals surface area contributed by atoms with Gasteiger partial charge in [0, 0.05) is 28.3 Å². The van der Waals surface area contributed by atoms with E-state index in [-0.39, 0.29) is 0 Å². The van der Waals surface area contributed by atoms with E-state index < -0.39 is 0 Å². The third-order valence-corrected chi connectivity index (χ3v) is 8.63. The number of anilines is 3. The van der Waals surface area contributed by atoms with E-state index in [4.69, 9.17) is 24.9 Å². The molecule has 3 aromatic heterocycles. The van der Waals surface area contributed by atoms with Gasteiger partial charge in [0.1, 0.15) is 12.7 Å². The van der Waals surface area contributed by atoms with Gasteiger partial charge in [-0.2, -0.15) is 9.97 Å². The molecule has 6 aromatic carbocycles. The van der Waals surface area contributed by atoms with Crippen molar-refractivity contribution in [2.45, 2.75) is 0 Å². The lowest BCUT2D eigenvalue weighted by molar-refractivity contribution is 0.957. The first-order valence-corrected chi connectivity index (χ1v) is 15.9. The van der Waals surface area contributed by atoms with E-state index in [0.29, 0.717) is 23.5 Å². The molecule has 0 unspecified atom stereocenters. The van der Waals surface area contributed by atoms with Gasteiger partial charge in [0.25, 0.3) is 0 Å². The monoisotopic (exact) mass is 630 g/mol. The normalized spacial score (nSPS) is 11.3. The molecule has 0 spiro atoms.